The standard InChI is InChI=1S/C23H23ClFN5O3S/c1-23(2,3)20-10-27-21(29-28-20)15-8-18-19(9-16(15)25)34(32,33)12-17(26)22(31)30(18)11-13-4-6-14(24)7-5-13/h4-10,17H,11-12,26H2,1-3H3/t17-/m0/s1. The zero-order valence-corrected chi connectivity index (χ0v) is 20.4. The Morgan fingerprint density at radius 3 is 2.44 bits per heavy atom. The number of nitrogens with zero attached hydrogens (tertiary/aromatic N) is 4. The van der Waals surface area contributed by atoms with Gasteiger partial charge >= 0.3 is 0 Å². The predicted molar refractivity (Wildman–Crippen MR) is 127 cm³/mol. The van der Waals surface area contributed by atoms with Gasteiger partial charge in [-0.3, -0.25) is 4.79 Å². The van der Waals surface area contributed by atoms with Gasteiger partial charge < -0.3 is 10.6 Å². The molecule has 1 amide bonds. The zero-order chi connectivity index (χ0) is 24.8. The topological polar surface area (TPSA) is 119 Å². The second-order valence-electron chi connectivity index (χ2n) is 9.16. The molecule has 0 radical (unpaired) electrons. The van der Waals surface area contributed by atoms with E-state index in [2.05, 4.69) is 15.2 Å². The largest absolute Gasteiger partial charge is 0.319 e. The van der Waals surface area contributed by atoms with Gasteiger partial charge in [0, 0.05) is 10.4 Å². The molecule has 34 heavy (non-hydrogen) atoms. The van der Waals surface area contributed by atoms with Gasteiger partial charge in [-0.05, 0) is 29.8 Å². The molecule has 3 aromatic rings. The fourth-order valence-corrected chi connectivity index (χ4v) is 5.26. The average molecular weight is 504 g/mol. The van der Waals surface area contributed by atoms with Crippen LogP contribution in [0, 0.1) is 5.82 Å². The van der Waals surface area contributed by atoms with Crippen molar-refractivity contribution in [1.82, 2.24) is 15.2 Å². The first-order chi connectivity index (χ1) is 15.9. The van der Waals surface area contributed by atoms with E-state index in [1.807, 2.05) is 20.8 Å². The molecule has 1 aromatic heterocycles. The molecule has 2 aromatic carbocycles. The lowest BCUT2D eigenvalue weighted by atomic mass is 9.93. The van der Waals surface area contributed by atoms with Gasteiger partial charge in [0.2, 0.25) is 5.91 Å². The van der Waals surface area contributed by atoms with Crippen molar-refractivity contribution in [3.63, 3.8) is 0 Å². The van der Waals surface area contributed by atoms with Crippen LogP contribution in [0.4, 0.5) is 10.1 Å². The average Bonchev–Trinajstić information content (AvgIpc) is 2.83. The molecular formula is C23H23ClFN5O3S. The van der Waals surface area contributed by atoms with E-state index in [0.717, 1.165) is 6.07 Å². The Balaban J connectivity index is 1.87. The number of carbonyl (C=O) groups is 1. The Morgan fingerprint density at radius 2 is 1.85 bits per heavy atom. The molecule has 0 unspecified atom stereocenters. The number of fused-ring (bicyclic) bond motifs is 1. The summed E-state index contributed by atoms with van der Waals surface area (Å²) in [6.07, 6.45) is 1.50. The minimum Gasteiger partial charge on any atom is -0.319 e. The lowest BCUT2D eigenvalue weighted by molar-refractivity contribution is -0.119. The summed E-state index contributed by atoms with van der Waals surface area (Å²) < 4.78 is 41.1. The number of benzene rings is 2. The Hall–Kier alpha value is -2.95. The predicted octanol–water partition coefficient (Wildman–Crippen LogP) is 3.28. The highest BCUT2D eigenvalue weighted by Gasteiger charge is 2.37. The molecule has 0 spiro atoms. The maximum Gasteiger partial charge on any atom is 0.245 e. The Labute approximate surface area is 201 Å². The van der Waals surface area contributed by atoms with Crippen LogP contribution in [0.5, 0.6) is 0 Å². The third kappa shape index (κ3) is 4.66. The maximum atomic E-state index is 15.1. The third-order valence-electron chi connectivity index (χ3n) is 5.48. The molecule has 0 saturated carbocycles. The fourth-order valence-electron chi connectivity index (χ4n) is 3.57. The van der Waals surface area contributed by atoms with Crippen molar-refractivity contribution in [2.45, 2.75) is 43.7 Å². The number of hydrogen-bond acceptors (Lipinski definition) is 7. The number of aromatic nitrogens is 3. The molecule has 1 atom stereocenters. The maximum absolute atomic E-state index is 15.1. The van der Waals surface area contributed by atoms with Gasteiger partial charge in [-0.25, -0.2) is 17.8 Å². The molecule has 1 aliphatic rings. The van der Waals surface area contributed by atoms with E-state index in [0.29, 0.717) is 16.3 Å². The van der Waals surface area contributed by atoms with Crippen molar-refractivity contribution in [2.75, 3.05) is 10.7 Å². The van der Waals surface area contributed by atoms with Crippen molar-refractivity contribution in [3.05, 3.63) is 64.7 Å². The van der Waals surface area contributed by atoms with Crippen LogP contribution >= 0.6 is 11.6 Å². The molecule has 0 aliphatic carbocycles. The zero-order valence-electron chi connectivity index (χ0n) is 18.8. The minimum absolute atomic E-state index is 0.00722. The van der Waals surface area contributed by atoms with Crippen LogP contribution in [-0.4, -0.2) is 41.3 Å². The molecule has 0 saturated heterocycles. The normalized spacial score (nSPS) is 17.9. The lowest BCUT2D eigenvalue weighted by Crippen LogP contribution is -2.45. The highest BCUT2D eigenvalue weighted by molar-refractivity contribution is 7.91. The number of halogens is 2. The van der Waals surface area contributed by atoms with Crippen LogP contribution in [0.25, 0.3) is 11.4 Å². The molecule has 0 bridgehead atoms. The molecule has 4 rings (SSSR count). The molecule has 2 heterocycles. The number of carbonyl (C=O) groups excluding carboxylic acids is 1. The first-order valence-electron chi connectivity index (χ1n) is 10.4. The van der Waals surface area contributed by atoms with Crippen LogP contribution in [0.3, 0.4) is 0 Å². The first kappa shape index (κ1) is 24.2. The Morgan fingerprint density at radius 1 is 1.18 bits per heavy atom. The smallest absolute Gasteiger partial charge is 0.245 e. The number of rotatable bonds is 3. The number of sulfone groups is 1. The van der Waals surface area contributed by atoms with Crippen molar-refractivity contribution in [3.8, 4) is 11.4 Å². The van der Waals surface area contributed by atoms with Crippen LogP contribution in [0.2, 0.25) is 5.02 Å². The quantitative estimate of drug-likeness (QED) is 0.582. The molecule has 11 heteroatoms. The first-order valence-corrected chi connectivity index (χ1v) is 12.5. The van der Waals surface area contributed by atoms with Gasteiger partial charge in [0.25, 0.3) is 0 Å². The summed E-state index contributed by atoms with van der Waals surface area (Å²) >= 11 is 5.95. The Kier molecular flexibility index (Phi) is 6.17. The summed E-state index contributed by atoms with van der Waals surface area (Å²) in [5.74, 6) is -2.11. The lowest BCUT2D eigenvalue weighted by Gasteiger charge is -2.25. The van der Waals surface area contributed by atoms with Gasteiger partial charge in [0.15, 0.2) is 15.7 Å². The fraction of sp³-hybridized carbons (Fsp3) is 0.304. The number of nitrogens with two attached hydrogens (primary N) is 1. The van der Waals surface area contributed by atoms with Crippen molar-refractivity contribution < 1.29 is 17.6 Å². The van der Waals surface area contributed by atoms with E-state index in [9.17, 15) is 13.2 Å². The highest BCUT2D eigenvalue weighted by Crippen LogP contribution is 2.36. The summed E-state index contributed by atoms with van der Waals surface area (Å²) in [5.41, 5.74) is 6.85. The summed E-state index contributed by atoms with van der Waals surface area (Å²) in [6, 6.07) is 7.58. The second kappa shape index (κ2) is 8.68. The Bertz CT molecular complexity index is 1360. The molecule has 0 fully saturated rings. The van der Waals surface area contributed by atoms with Crippen molar-refractivity contribution in [1.29, 1.82) is 0 Å². The molecular weight excluding hydrogens is 481 g/mol. The van der Waals surface area contributed by atoms with Crippen LogP contribution in [0.1, 0.15) is 32.0 Å². The SMILES string of the molecule is CC(C)(C)c1cnc(-c2cc3c(cc2F)S(=O)(=O)C[C@H](N)C(=O)N3Cc2ccc(Cl)cc2)nn1. The van der Waals surface area contributed by atoms with E-state index in [1.54, 1.807) is 24.3 Å². The van der Waals surface area contributed by atoms with Gasteiger partial charge in [0.05, 0.1) is 46.4 Å². The van der Waals surface area contributed by atoms with Crippen LogP contribution in [-0.2, 0) is 26.6 Å². The van der Waals surface area contributed by atoms with Gasteiger partial charge in [-0.2, -0.15) is 5.10 Å². The van der Waals surface area contributed by atoms with Crippen LogP contribution < -0.4 is 10.6 Å². The summed E-state index contributed by atoms with van der Waals surface area (Å²) in [7, 11) is -4.05. The van der Waals surface area contributed by atoms with Gasteiger partial charge in [-0.1, -0.05) is 44.5 Å². The van der Waals surface area contributed by atoms with E-state index in [1.165, 1.54) is 17.2 Å². The van der Waals surface area contributed by atoms with E-state index < -0.39 is 33.4 Å². The minimum atomic E-state index is -4.05. The summed E-state index contributed by atoms with van der Waals surface area (Å²) in [5, 5.41) is 8.69. The number of anilines is 1. The van der Waals surface area contributed by atoms with Crippen molar-refractivity contribution in [2.24, 2.45) is 5.73 Å². The van der Waals surface area contributed by atoms with E-state index >= 15 is 4.39 Å². The highest BCUT2D eigenvalue weighted by atomic mass is 35.5. The van der Waals surface area contributed by atoms with Crippen molar-refractivity contribution >= 4 is 33.0 Å². The summed E-state index contributed by atoms with van der Waals surface area (Å²) in [6.45, 7) is 5.83. The summed E-state index contributed by atoms with van der Waals surface area (Å²) in [4.78, 5) is 18.3. The molecule has 2 N–H and O–H groups in total. The van der Waals surface area contributed by atoms with Gasteiger partial charge in [0.1, 0.15) is 5.82 Å². The second-order valence-corrected chi connectivity index (χ2v) is 11.6. The molecule has 8 nitrogen and oxygen atoms in total. The van der Waals surface area contributed by atoms with Crippen LogP contribution in [0.15, 0.2) is 47.5 Å². The third-order valence-corrected chi connectivity index (χ3v) is 7.53. The molecule has 1 aliphatic heterocycles. The monoisotopic (exact) mass is 503 g/mol. The number of hydrogen-bond donors (Lipinski definition) is 1. The van der Waals surface area contributed by atoms with E-state index in [4.69, 9.17) is 17.3 Å². The number of amides is 1. The van der Waals surface area contributed by atoms with Gasteiger partial charge in [-0.15, -0.1) is 5.10 Å². The van der Waals surface area contributed by atoms with E-state index in [-0.39, 0.29) is 33.9 Å². The molecule has 178 valence electrons.